The van der Waals surface area contributed by atoms with E-state index < -0.39 is 7.79 Å². The predicted octanol–water partition coefficient (Wildman–Crippen LogP) is 7.96. The van der Waals surface area contributed by atoms with Crippen molar-refractivity contribution in [1.82, 2.24) is 20.8 Å². The first-order valence-corrected chi connectivity index (χ1v) is 19.1. The zero-order valence-electron chi connectivity index (χ0n) is 27.4. The molecule has 3 N–H and O–H groups in total. The van der Waals surface area contributed by atoms with Gasteiger partial charge in [0.2, 0.25) is 11.8 Å². The van der Waals surface area contributed by atoms with Gasteiger partial charge in [-0.3, -0.25) is 19.6 Å². The fourth-order valence-corrected chi connectivity index (χ4v) is 7.75. The fraction of sp³-hybridized carbons (Fsp3) is 0.286. The molecule has 0 saturated carbocycles. The second-order valence-corrected chi connectivity index (χ2v) is 15.5. The molecule has 8 nitrogen and oxygen atoms in total. The zero-order chi connectivity index (χ0) is 35.1. The predicted molar refractivity (Wildman–Crippen MR) is 199 cm³/mol. The van der Waals surface area contributed by atoms with E-state index in [0.717, 1.165) is 23.6 Å². The van der Waals surface area contributed by atoms with Crippen molar-refractivity contribution in [3.8, 4) is 0 Å². The van der Waals surface area contributed by atoms with Crippen LogP contribution in [0.1, 0.15) is 56.0 Å². The highest BCUT2D eigenvalue weighted by atomic mass is 35.6. The number of benzene rings is 3. The van der Waals surface area contributed by atoms with Crippen LogP contribution in [0.5, 0.6) is 0 Å². The summed E-state index contributed by atoms with van der Waals surface area (Å²) in [6.07, 6.45) is 6.12. The van der Waals surface area contributed by atoms with Gasteiger partial charge in [-0.15, -0.1) is 47.4 Å². The van der Waals surface area contributed by atoms with Crippen LogP contribution in [0.3, 0.4) is 0 Å². The molecule has 0 bridgehead atoms. The van der Waals surface area contributed by atoms with Crippen LogP contribution in [0, 0.1) is 0 Å². The lowest BCUT2D eigenvalue weighted by Gasteiger charge is -2.24. The summed E-state index contributed by atoms with van der Waals surface area (Å²) in [7, 11) is -0.259. The number of carbonyl (C=O) groups is 2. The summed E-state index contributed by atoms with van der Waals surface area (Å²) in [4.78, 5) is 21.2. The molecule has 1 saturated heterocycles. The van der Waals surface area contributed by atoms with Gasteiger partial charge in [0.1, 0.15) is 0 Å². The Balaban J connectivity index is 0.000000342. The number of amides is 2. The van der Waals surface area contributed by atoms with E-state index >= 15 is 0 Å². The van der Waals surface area contributed by atoms with Gasteiger partial charge in [0.05, 0.1) is 23.7 Å². The van der Waals surface area contributed by atoms with Crippen molar-refractivity contribution in [1.29, 1.82) is 0 Å². The van der Waals surface area contributed by atoms with Gasteiger partial charge < -0.3 is 4.43 Å². The second kappa shape index (κ2) is 23.9. The number of hydrogen-bond donors (Lipinski definition) is 3. The SMILES string of the molecule is C=CCC(NNC(C)=O)c1ccccc1.C=CC[Si]1(Cl)O[C@@H](c2ccccc2)[C@H](C)N1C.CC(=O)N/N=C/c1ccccc1.ClCCl. The van der Waals surface area contributed by atoms with Gasteiger partial charge in [-0.1, -0.05) is 103 Å². The van der Waals surface area contributed by atoms with Crippen molar-refractivity contribution in [3.05, 3.63) is 133 Å². The molecule has 1 aliphatic heterocycles. The van der Waals surface area contributed by atoms with E-state index in [9.17, 15) is 9.59 Å². The summed E-state index contributed by atoms with van der Waals surface area (Å²) < 4.78 is 8.36. The highest BCUT2D eigenvalue weighted by Crippen LogP contribution is 2.41. The summed E-state index contributed by atoms with van der Waals surface area (Å²) in [5, 5.41) is 3.91. The Labute approximate surface area is 295 Å². The second-order valence-electron chi connectivity index (χ2n) is 10.2. The van der Waals surface area contributed by atoms with Crippen molar-refractivity contribution in [2.24, 2.45) is 5.10 Å². The molecule has 1 heterocycles. The van der Waals surface area contributed by atoms with Crippen molar-refractivity contribution in [2.45, 2.75) is 51.4 Å². The van der Waals surface area contributed by atoms with Crippen LogP contribution in [0.25, 0.3) is 0 Å². The quantitative estimate of drug-likeness (QED) is 0.0494. The molecule has 4 atom stereocenters. The molecule has 0 radical (unpaired) electrons. The first-order chi connectivity index (χ1) is 22.5. The molecule has 0 spiro atoms. The van der Waals surface area contributed by atoms with Gasteiger partial charge in [0.15, 0.2) is 0 Å². The molecule has 47 heavy (non-hydrogen) atoms. The van der Waals surface area contributed by atoms with Gasteiger partial charge in [-0.2, -0.15) is 5.10 Å². The number of likely N-dealkylation sites (N-methyl/N-ethyl adjacent to an activating group) is 1. The van der Waals surface area contributed by atoms with Crippen LogP contribution >= 0.6 is 34.3 Å². The molecule has 12 heteroatoms. The number of allylic oxidation sites excluding steroid dienone is 1. The van der Waals surface area contributed by atoms with E-state index in [0.29, 0.717) is 6.04 Å². The molecule has 1 aliphatic rings. The zero-order valence-corrected chi connectivity index (χ0v) is 30.7. The number of alkyl halides is 2. The van der Waals surface area contributed by atoms with E-state index in [1.807, 2.05) is 91.0 Å². The Kier molecular flexibility index (Phi) is 21.3. The average molecular weight is 719 g/mol. The number of nitrogens with one attached hydrogen (secondary N) is 3. The summed E-state index contributed by atoms with van der Waals surface area (Å²) >= 11 is 16.2. The molecule has 0 aromatic heterocycles. The summed E-state index contributed by atoms with van der Waals surface area (Å²) in [5.41, 5.74) is 11.2. The first kappa shape index (κ1) is 41.7. The number of nitrogens with zero attached hydrogens (tertiary/aromatic N) is 2. The van der Waals surface area contributed by atoms with Crippen LogP contribution in [-0.4, -0.2) is 48.8 Å². The lowest BCUT2D eigenvalue weighted by atomic mass is 10.0. The molecular formula is C35H46Cl3N5O3Si. The topological polar surface area (TPSA) is 95.1 Å². The maximum Gasteiger partial charge on any atom is 0.377 e. The Bertz CT molecular complexity index is 1360. The third kappa shape index (κ3) is 16.4. The largest absolute Gasteiger partial charge is 0.383 e. The standard InChI is InChI=1S/C13H18ClNOSi.C12H16N2O.C9H10N2O.CH2Cl2/c1-4-10-17(14)15(3)11(2)13(16-17)12-8-6-5-7-9-12;1-3-7-12(14-13-10(2)15)11-8-5-4-6-9-11;1-8(12)11-10-7-9-5-3-2-4-6-9;2-1-3/h4-9,11,13H,1,10H2,2-3H3;3-6,8-9,12,14H,1,7H2,2H3,(H,13,15);2-7H,1H3,(H,11,12);1H2/b;;10-7+;/t11-,13+,17?;;;/m0.../s1. The molecule has 0 aliphatic carbocycles. The van der Waals surface area contributed by atoms with Crippen LogP contribution in [-0.2, 0) is 14.0 Å². The van der Waals surface area contributed by atoms with Gasteiger partial charge in [-0.25, -0.2) is 10.9 Å². The Morgan fingerprint density at radius 3 is 1.96 bits per heavy atom. The first-order valence-electron chi connectivity index (χ1n) is 14.9. The van der Waals surface area contributed by atoms with Crippen molar-refractivity contribution < 1.29 is 14.0 Å². The Morgan fingerprint density at radius 1 is 0.936 bits per heavy atom. The molecule has 254 valence electrons. The van der Waals surface area contributed by atoms with Crippen molar-refractivity contribution in [3.63, 3.8) is 0 Å². The maximum atomic E-state index is 10.8. The smallest absolute Gasteiger partial charge is 0.377 e. The summed E-state index contributed by atoms with van der Waals surface area (Å²) in [5.74, 6) is -0.262. The molecule has 1 fully saturated rings. The average Bonchev–Trinajstić information content (AvgIpc) is 3.29. The number of hydrazone groups is 1. The molecule has 3 aromatic carbocycles. The monoisotopic (exact) mass is 717 g/mol. The van der Waals surface area contributed by atoms with Crippen LogP contribution in [0.15, 0.2) is 121 Å². The van der Waals surface area contributed by atoms with Gasteiger partial charge in [-0.05, 0) is 37.1 Å². The Hall–Kier alpha value is -3.28. The van der Waals surface area contributed by atoms with Crippen molar-refractivity contribution in [2.75, 3.05) is 12.4 Å². The molecule has 4 rings (SSSR count). The van der Waals surface area contributed by atoms with Crippen LogP contribution in [0.2, 0.25) is 6.04 Å². The van der Waals surface area contributed by atoms with Crippen LogP contribution < -0.4 is 16.3 Å². The van der Waals surface area contributed by atoms with E-state index in [1.54, 1.807) is 6.21 Å². The van der Waals surface area contributed by atoms with Crippen molar-refractivity contribution >= 4 is 60.1 Å². The minimum Gasteiger partial charge on any atom is -0.383 e. The van der Waals surface area contributed by atoms with Gasteiger partial charge >= 0.3 is 7.79 Å². The minimum atomic E-state index is -2.31. The number of halogens is 3. The minimum absolute atomic E-state index is 0.0744. The van der Waals surface area contributed by atoms with E-state index in [-0.39, 0.29) is 29.3 Å². The molecule has 2 amide bonds. The van der Waals surface area contributed by atoms with Gasteiger partial charge in [0.25, 0.3) is 0 Å². The number of carbonyl (C=O) groups excluding carboxylic acids is 2. The lowest BCUT2D eigenvalue weighted by Crippen LogP contribution is -2.44. The van der Waals surface area contributed by atoms with Crippen LogP contribution in [0.4, 0.5) is 0 Å². The summed E-state index contributed by atoms with van der Waals surface area (Å²) in [6, 6.07) is 30.9. The highest BCUT2D eigenvalue weighted by molar-refractivity contribution is 7.15. The number of hydrazine groups is 1. The number of hydrogen-bond acceptors (Lipinski definition) is 6. The number of rotatable bonds is 10. The van der Waals surface area contributed by atoms with E-state index in [1.165, 1.54) is 19.4 Å². The highest BCUT2D eigenvalue weighted by Gasteiger charge is 2.51. The van der Waals surface area contributed by atoms with E-state index in [2.05, 4.69) is 65.2 Å². The third-order valence-electron chi connectivity index (χ3n) is 6.67. The summed E-state index contributed by atoms with van der Waals surface area (Å²) in [6.45, 7) is 12.5. The molecule has 3 aromatic rings. The lowest BCUT2D eigenvalue weighted by molar-refractivity contribution is -0.120. The normalized spacial score (nSPS) is 19.0. The fourth-order valence-electron chi connectivity index (χ4n) is 4.30. The molecular weight excluding hydrogens is 673 g/mol. The maximum absolute atomic E-state index is 10.8. The molecule has 2 unspecified atom stereocenters. The van der Waals surface area contributed by atoms with E-state index in [4.69, 9.17) is 38.7 Å². The van der Waals surface area contributed by atoms with Gasteiger partial charge in [0, 0.05) is 25.9 Å². The third-order valence-corrected chi connectivity index (χ3v) is 11.1. The Morgan fingerprint density at radius 2 is 1.47 bits per heavy atom.